The van der Waals surface area contributed by atoms with Gasteiger partial charge in [0, 0.05) is 11.9 Å². The summed E-state index contributed by atoms with van der Waals surface area (Å²) in [5, 5.41) is 26.0. The maximum Gasteiger partial charge on any atom is 0.356 e. The van der Waals surface area contributed by atoms with Crippen LogP contribution in [0.25, 0.3) is 5.69 Å². The molecule has 0 saturated heterocycles. The molecule has 0 spiro atoms. The predicted octanol–water partition coefficient (Wildman–Crippen LogP) is 2.96. The number of aromatic nitrogens is 2. The van der Waals surface area contributed by atoms with Crippen molar-refractivity contribution in [3.63, 3.8) is 0 Å². The Morgan fingerprint density at radius 1 is 0.815 bits per heavy atom. The normalized spacial score (nSPS) is 9.81. The third-order valence-corrected chi connectivity index (χ3v) is 3.65. The number of rotatable bonds is 4. The van der Waals surface area contributed by atoms with E-state index in [1.54, 1.807) is 4.57 Å². The van der Waals surface area contributed by atoms with Crippen LogP contribution in [0.3, 0.4) is 0 Å². The SMILES string of the molecule is Cc1c(C(=O)O)cccc1C(=O)O.O=C(O)c1cn(-c2ccccc2)cn1. The number of hydrogen-bond acceptors (Lipinski definition) is 4. The molecule has 3 aromatic rings. The molecule has 0 radical (unpaired) electrons. The number of hydrogen-bond donors (Lipinski definition) is 3. The van der Waals surface area contributed by atoms with Crippen LogP contribution < -0.4 is 0 Å². The van der Waals surface area contributed by atoms with Crippen LogP contribution in [0.5, 0.6) is 0 Å². The number of carboxylic acids is 3. The van der Waals surface area contributed by atoms with Gasteiger partial charge in [-0.1, -0.05) is 24.3 Å². The fourth-order valence-electron chi connectivity index (χ4n) is 2.27. The summed E-state index contributed by atoms with van der Waals surface area (Å²) < 4.78 is 1.67. The predicted molar refractivity (Wildman–Crippen MR) is 95.6 cm³/mol. The molecule has 0 aliphatic rings. The molecule has 0 atom stereocenters. The average Bonchev–Trinajstić information content (AvgIpc) is 3.13. The van der Waals surface area contributed by atoms with E-state index in [1.807, 2.05) is 30.3 Å². The largest absolute Gasteiger partial charge is 0.478 e. The number of aromatic carboxylic acids is 3. The first-order valence-corrected chi connectivity index (χ1v) is 7.70. The minimum atomic E-state index is -1.11. The quantitative estimate of drug-likeness (QED) is 0.645. The van der Waals surface area contributed by atoms with Crippen molar-refractivity contribution in [1.82, 2.24) is 9.55 Å². The van der Waals surface area contributed by atoms with Gasteiger partial charge in [-0.15, -0.1) is 0 Å². The van der Waals surface area contributed by atoms with Gasteiger partial charge in [-0.2, -0.15) is 0 Å². The minimum absolute atomic E-state index is 0.0277. The number of para-hydroxylation sites is 1. The van der Waals surface area contributed by atoms with Gasteiger partial charge < -0.3 is 19.9 Å². The second-order valence-electron chi connectivity index (χ2n) is 5.40. The van der Waals surface area contributed by atoms with Gasteiger partial charge in [0.25, 0.3) is 0 Å². The first-order chi connectivity index (χ1) is 12.8. The van der Waals surface area contributed by atoms with Crippen LogP contribution in [-0.4, -0.2) is 42.8 Å². The van der Waals surface area contributed by atoms with E-state index < -0.39 is 17.9 Å². The summed E-state index contributed by atoms with van der Waals surface area (Å²) in [5.41, 5.74) is 1.28. The van der Waals surface area contributed by atoms with Crippen molar-refractivity contribution in [2.75, 3.05) is 0 Å². The smallest absolute Gasteiger partial charge is 0.356 e. The van der Waals surface area contributed by atoms with Crippen LogP contribution in [0.15, 0.2) is 61.1 Å². The summed E-state index contributed by atoms with van der Waals surface area (Å²) in [7, 11) is 0. The van der Waals surface area contributed by atoms with E-state index in [9.17, 15) is 14.4 Å². The zero-order chi connectivity index (χ0) is 20.0. The van der Waals surface area contributed by atoms with Crippen molar-refractivity contribution in [1.29, 1.82) is 0 Å². The van der Waals surface area contributed by atoms with Gasteiger partial charge in [-0.3, -0.25) is 0 Å². The topological polar surface area (TPSA) is 130 Å². The Bertz CT molecular complexity index is 947. The molecule has 8 nitrogen and oxygen atoms in total. The number of imidazole rings is 1. The molecular weight excluding hydrogens is 352 g/mol. The zero-order valence-electron chi connectivity index (χ0n) is 14.2. The molecule has 3 rings (SSSR count). The molecule has 1 aromatic heterocycles. The molecule has 0 unspecified atom stereocenters. The van der Waals surface area contributed by atoms with Gasteiger partial charge in [-0.05, 0) is 36.8 Å². The Balaban J connectivity index is 0.000000194. The first-order valence-electron chi connectivity index (χ1n) is 7.70. The lowest BCUT2D eigenvalue weighted by molar-refractivity contribution is 0.0678. The van der Waals surface area contributed by atoms with Crippen LogP contribution in [0.1, 0.15) is 36.8 Å². The summed E-state index contributed by atoms with van der Waals surface area (Å²) in [6.07, 6.45) is 2.97. The minimum Gasteiger partial charge on any atom is -0.478 e. The fraction of sp³-hybridized carbons (Fsp3) is 0.0526. The van der Waals surface area contributed by atoms with Crippen molar-refractivity contribution in [2.24, 2.45) is 0 Å². The number of carbonyl (C=O) groups is 3. The van der Waals surface area contributed by atoms with Crippen molar-refractivity contribution in [3.05, 3.63) is 83.4 Å². The van der Waals surface area contributed by atoms with Gasteiger partial charge in [0.15, 0.2) is 5.69 Å². The van der Waals surface area contributed by atoms with Gasteiger partial charge >= 0.3 is 17.9 Å². The van der Waals surface area contributed by atoms with Crippen LogP contribution in [0.4, 0.5) is 0 Å². The molecule has 2 aromatic carbocycles. The monoisotopic (exact) mass is 368 g/mol. The lowest BCUT2D eigenvalue weighted by atomic mass is 10.0. The molecule has 0 fully saturated rings. The van der Waals surface area contributed by atoms with E-state index in [-0.39, 0.29) is 22.4 Å². The van der Waals surface area contributed by atoms with Crippen molar-refractivity contribution in [2.45, 2.75) is 6.92 Å². The lowest BCUT2D eigenvalue weighted by Crippen LogP contribution is -2.06. The highest BCUT2D eigenvalue weighted by molar-refractivity contribution is 5.96. The number of nitrogens with zero attached hydrogens (tertiary/aromatic N) is 2. The van der Waals surface area contributed by atoms with E-state index in [2.05, 4.69) is 4.98 Å². The molecule has 0 aliphatic carbocycles. The number of carboxylic acid groups (broad SMARTS) is 3. The molecule has 0 aliphatic heterocycles. The summed E-state index contributed by atoms with van der Waals surface area (Å²) >= 11 is 0. The summed E-state index contributed by atoms with van der Waals surface area (Å²) in [6, 6.07) is 13.6. The zero-order valence-corrected chi connectivity index (χ0v) is 14.2. The highest BCUT2D eigenvalue weighted by atomic mass is 16.4. The molecule has 0 amide bonds. The Kier molecular flexibility index (Phi) is 6.06. The average molecular weight is 368 g/mol. The van der Waals surface area contributed by atoms with E-state index >= 15 is 0 Å². The fourth-order valence-corrected chi connectivity index (χ4v) is 2.27. The van der Waals surface area contributed by atoms with Gasteiger partial charge in [-0.25, -0.2) is 19.4 Å². The second kappa shape index (κ2) is 8.43. The molecule has 8 heteroatoms. The highest BCUT2D eigenvalue weighted by Crippen LogP contribution is 2.13. The Morgan fingerprint density at radius 3 is 1.81 bits per heavy atom. The molecule has 138 valence electrons. The third-order valence-electron chi connectivity index (χ3n) is 3.65. The van der Waals surface area contributed by atoms with Crippen molar-refractivity contribution >= 4 is 17.9 Å². The van der Waals surface area contributed by atoms with Gasteiger partial charge in [0.2, 0.25) is 0 Å². The summed E-state index contributed by atoms with van der Waals surface area (Å²) in [6.45, 7) is 1.48. The van der Waals surface area contributed by atoms with E-state index in [0.29, 0.717) is 0 Å². The van der Waals surface area contributed by atoms with E-state index in [0.717, 1.165) is 5.69 Å². The van der Waals surface area contributed by atoms with Crippen LogP contribution in [0, 0.1) is 6.92 Å². The van der Waals surface area contributed by atoms with E-state index in [4.69, 9.17) is 15.3 Å². The molecule has 1 heterocycles. The molecule has 27 heavy (non-hydrogen) atoms. The third kappa shape index (κ3) is 4.79. The van der Waals surface area contributed by atoms with Crippen LogP contribution >= 0.6 is 0 Å². The molecule has 0 bridgehead atoms. The Hall–Kier alpha value is -3.94. The van der Waals surface area contributed by atoms with Gasteiger partial charge in [0.1, 0.15) is 6.33 Å². The first kappa shape index (κ1) is 19.4. The molecule has 3 N–H and O–H groups in total. The summed E-state index contributed by atoms with van der Waals surface area (Å²) in [5.74, 6) is -3.24. The second-order valence-corrected chi connectivity index (χ2v) is 5.40. The van der Waals surface area contributed by atoms with Crippen LogP contribution in [-0.2, 0) is 0 Å². The standard InChI is InChI=1S/C10H8N2O2.C9H8O4/c13-10(14)9-6-12(7-11-9)8-4-2-1-3-5-8;1-5-6(8(10)11)3-2-4-7(5)9(12)13/h1-7H,(H,13,14);2-4H,1H3,(H,10,11)(H,12,13). The molecule has 0 saturated carbocycles. The van der Waals surface area contributed by atoms with Crippen molar-refractivity contribution in [3.8, 4) is 5.69 Å². The van der Waals surface area contributed by atoms with Crippen molar-refractivity contribution < 1.29 is 29.7 Å². The lowest BCUT2D eigenvalue weighted by Gasteiger charge is -2.03. The Morgan fingerprint density at radius 2 is 1.37 bits per heavy atom. The molecular formula is C19H16N2O6. The van der Waals surface area contributed by atoms with E-state index in [1.165, 1.54) is 37.6 Å². The van der Waals surface area contributed by atoms with Crippen LogP contribution in [0.2, 0.25) is 0 Å². The van der Waals surface area contributed by atoms with Gasteiger partial charge in [0.05, 0.1) is 11.1 Å². The Labute approximate surface area is 154 Å². The number of benzene rings is 2. The maximum absolute atomic E-state index is 10.6. The maximum atomic E-state index is 10.6. The highest BCUT2D eigenvalue weighted by Gasteiger charge is 2.13. The summed E-state index contributed by atoms with van der Waals surface area (Å²) in [4.78, 5) is 35.5.